The van der Waals surface area contributed by atoms with Gasteiger partial charge in [-0.2, -0.15) is 5.10 Å². The van der Waals surface area contributed by atoms with E-state index in [2.05, 4.69) is 20.5 Å². The lowest BCUT2D eigenvalue weighted by Crippen LogP contribution is -2.19. The highest BCUT2D eigenvalue weighted by atomic mass is 32.2. The Hall–Kier alpha value is -3.53. The molecule has 0 fully saturated rings. The predicted octanol–water partition coefficient (Wildman–Crippen LogP) is 4.72. The number of ether oxygens (including phenoxy) is 2. The lowest BCUT2D eigenvalue weighted by molar-refractivity contribution is -0.120. The Morgan fingerprint density at radius 3 is 2.56 bits per heavy atom. The number of hydrogen-bond acceptors (Lipinski definition) is 7. The number of aryl methyl sites for hydroxylation is 1. The number of nitrogens with one attached hydrogen (secondary N) is 1. The molecule has 0 spiro atoms. The van der Waals surface area contributed by atoms with Crippen LogP contribution < -0.4 is 14.9 Å². The molecule has 1 aromatic heterocycles. The summed E-state index contributed by atoms with van der Waals surface area (Å²) in [6.07, 6.45) is -0.948. The molecular formula is C24H24F2N4O3S. The summed E-state index contributed by atoms with van der Waals surface area (Å²) in [5.74, 6) is 1.51. The van der Waals surface area contributed by atoms with E-state index in [1.54, 1.807) is 45.4 Å². The topological polar surface area (TPSA) is 85.7 Å². The molecule has 0 aliphatic rings. The quantitative estimate of drug-likeness (QED) is 0.193. The number of amides is 1. The summed E-state index contributed by atoms with van der Waals surface area (Å²) in [6.45, 7) is 1.65. The largest absolute Gasteiger partial charge is 0.497 e. The van der Waals surface area contributed by atoms with Gasteiger partial charge in [0.1, 0.15) is 17.2 Å². The Labute approximate surface area is 200 Å². The number of rotatable bonds is 10. The van der Waals surface area contributed by atoms with Gasteiger partial charge >= 0.3 is 0 Å². The molecule has 0 aliphatic carbocycles. The summed E-state index contributed by atoms with van der Waals surface area (Å²) in [5, 5.41) is 4.29. The van der Waals surface area contributed by atoms with Crippen molar-refractivity contribution in [2.75, 3.05) is 14.2 Å². The first-order chi connectivity index (χ1) is 16.4. The van der Waals surface area contributed by atoms with Crippen LogP contribution in [0.25, 0.3) is 0 Å². The fraction of sp³-hybridized carbons (Fsp3) is 0.250. The van der Waals surface area contributed by atoms with Crippen molar-refractivity contribution >= 4 is 23.9 Å². The van der Waals surface area contributed by atoms with Gasteiger partial charge in [0.25, 0.3) is 6.43 Å². The molecule has 0 saturated heterocycles. The van der Waals surface area contributed by atoms with Crippen molar-refractivity contribution in [2.24, 2.45) is 5.10 Å². The number of thioether (sulfide) groups is 1. The summed E-state index contributed by atoms with van der Waals surface area (Å²) < 4.78 is 36.5. The van der Waals surface area contributed by atoms with Crippen LogP contribution in [0.2, 0.25) is 0 Å². The molecule has 0 atom stereocenters. The molecule has 0 saturated carbocycles. The van der Waals surface area contributed by atoms with E-state index in [9.17, 15) is 13.6 Å². The maximum atomic E-state index is 13.0. The molecule has 1 heterocycles. The minimum atomic E-state index is -2.66. The summed E-state index contributed by atoms with van der Waals surface area (Å²) >= 11 is 1.23. The molecule has 2 aromatic carbocycles. The zero-order valence-electron chi connectivity index (χ0n) is 18.9. The zero-order chi connectivity index (χ0) is 24.5. The van der Waals surface area contributed by atoms with Crippen LogP contribution in [-0.4, -0.2) is 36.3 Å². The molecule has 0 unspecified atom stereocenters. The standard InChI is InChI=1S/C24H24F2N4O3S/c1-15-10-20(23(25)26)29-24(28-15)34-14-18-11-17(6-9-21(18)33-3)13-27-30-22(31)12-16-4-7-19(32-2)8-5-16/h4-11,13,23H,12,14H2,1-3H3,(H,30,31)/b27-13-. The molecular weight excluding hydrogens is 462 g/mol. The van der Waals surface area contributed by atoms with E-state index in [-0.39, 0.29) is 23.2 Å². The van der Waals surface area contributed by atoms with Crippen LogP contribution in [0, 0.1) is 6.92 Å². The Kier molecular flexibility index (Phi) is 8.92. The average molecular weight is 487 g/mol. The highest BCUT2D eigenvalue weighted by Gasteiger charge is 2.13. The van der Waals surface area contributed by atoms with Crippen molar-refractivity contribution in [2.45, 2.75) is 30.7 Å². The number of methoxy groups -OCH3 is 2. The van der Waals surface area contributed by atoms with E-state index < -0.39 is 6.43 Å². The maximum Gasteiger partial charge on any atom is 0.280 e. The highest BCUT2D eigenvalue weighted by Crippen LogP contribution is 2.28. The first-order valence-electron chi connectivity index (χ1n) is 10.3. The Morgan fingerprint density at radius 1 is 1.12 bits per heavy atom. The van der Waals surface area contributed by atoms with Crippen molar-refractivity contribution in [3.05, 3.63) is 76.6 Å². The molecule has 3 rings (SSSR count). The van der Waals surface area contributed by atoms with Crippen LogP contribution in [0.4, 0.5) is 8.78 Å². The molecule has 34 heavy (non-hydrogen) atoms. The summed E-state index contributed by atoms with van der Waals surface area (Å²) in [6, 6.07) is 13.9. The maximum absolute atomic E-state index is 13.0. The van der Waals surface area contributed by atoms with E-state index in [0.29, 0.717) is 17.2 Å². The number of hydrazone groups is 1. The van der Waals surface area contributed by atoms with Gasteiger partial charge in [-0.05, 0) is 54.4 Å². The van der Waals surface area contributed by atoms with E-state index in [0.717, 1.165) is 22.4 Å². The number of alkyl halides is 2. The fourth-order valence-corrected chi connectivity index (χ4v) is 3.91. The van der Waals surface area contributed by atoms with E-state index in [4.69, 9.17) is 9.47 Å². The minimum absolute atomic E-state index is 0.183. The number of nitrogens with zero attached hydrogens (tertiary/aromatic N) is 3. The Morgan fingerprint density at radius 2 is 1.88 bits per heavy atom. The van der Waals surface area contributed by atoms with Crippen LogP contribution >= 0.6 is 11.8 Å². The van der Waals surface area contributed by atoms with E-state index >= 15 is 0 Å². The highest BCUT2D eigenvalue weighted by molar-refractivity contribution is 7.98. The summed E-state index contributed by atoms with van der Waals surface area (Å²) in [7, 11) is 3.13. The molecule has 3 aromatic rings. The van der Waals surface area contributed by atoms with Gasteiger partial charge in [0.2, 0.25) is 5.91 Å². The minimum Gasteiger partial charge on any atom is -0.497 e. The predicted molar refractivity (Wildman–Crippen MR) is 127 cm³/mol. The van der Waals surface area contributed by atoms with Crippen molar-refractivity contribution in [1.82, 2.24) is 15.4 Å². The van der Waals surface area contributed by atoms with Gasteiger partial charge in [0, 0.05) is 17.0 Å². The van der Waals surface area contributed by atoms with Gasteiger partial charge in [-0.15, -0.1) is 0 Å². The number of benzene rings is 2. The molecule has 178 valence electrons. The fourth-order valence-electron chi connectivity index (χ4n) is 3.02. The third-order valence-corrected chi connectivity index (χ3v) is 5.56. The third-order valence-electron chi connectivity index (χ3n) is 4.66. The van der Waals surface area contributed by atoms with Crippen LogP contribution in [0.1, 0.15) is 34.5 Å². The first-order valence-corrected chi connectivity index (χ1v) is 11.2. The molecule has 1 amide bonds. The second kappa shape index (κ2) is 12.1. The number of halogens is 2. The zero-order valence-corrected chi connectivity index (χ0v) is 19.7. The van der Waals surface area contributed by atoms with Gasteiger partial charge in [0.05, 0.1) is 26.9 Å². The van der Waals surface area contributed by atoms with Gasteiger partial charge in [-0.3, -0.25) is 4.79 Å². The van der Waals surface area contributed by atoms with Crippen molar-refractivity contribution in [1.29, 1.82) is 0 Å². The molecule has 0 aliphatic heterocycles. The SMILES string of the molecule is COc1ccc(CC(=O)N/N=C\c2ccc(OC)c(CSc3nc(C)cc(C(F)F)n3)c2)cc1. The Bertz CT molecular complexity index is 1160. The second-order valence-corrected chi connectivity index (χ2v) is 8.14. The van der Waals surface area contributed by atoms with Gasteiger partial charge < -0.3 is 9.47 Å². The van der Waals surface area contributed by atoms with E-state index in [1.165, 1.54) is 24.0 Å². The van der Waals surface area contributed by atoms with Crippen LogP contribution in [0.5, 0.6) is 11.5 Å². The van der Waals surface area contributed by atoms with Gasteiger partial charge in [0.15, 0.2) is 5.16 Å². The van der Waals surface area contributed by atoms with Crippen molar-refractivity contribution in [3.8, 4) is 11.5 Å². The third kappa shape index (κ3) is 7.24. The normalized spacial score (nSPS) is 11.1. The van der Waals surface area contributed by atoms with Crippen LogP contribution in [-0.2, 0) is 17.0 Å². The lowest BCUT2D eigenvalue weighted by Gasteiger charge is -2.10. The molecule has 7 nitrogen and oxygen atoms in total. The van der Waals surface area contributed by atoms with Crippen LogP contribution in [0.15, 0.2) is 58.8 Å². The van der Waals surface area contributed by atoms with Crippen LogP contribution in [0.3, 0.4) is 0 Å². The van der Waals surface area contributed by atoms with Gasteiger partial charge in [-0.1, -0.05) is 23.9 Å². The average Bonchev–Trinajstić information content (AvgIpc) is 2.83. The van der Waals surface area contributed by atoms with Gasteiger partial charge in [-0.25, -0.2) is 24.2 Å². The molecule has 10 heteroatoms. The number of hydrogen-bond donors (Lipinski definition) is 1. The number of carbonyl (C=O) groups is 1. The monoisotopic (exact) mass is 486 g/mol. The number of aromatic nitrogens is 2. The first kappa shape index (κ1) is 25.1. The lowest BCUT2D eigenvalue weighted by atomic mass is 10.1. The second-order valence-electron chi connectivity index (χ2n) is 7.20. The van der Waals surface area contributed by atoms with Crippen molar-refractivity contribution < 1.29 is 23.0 Å². The van der Waals surface area contributed by atoms with E-state index in [1.807, 2.05) is 18.2 Å². The molecule has 1 N–H and O–H groups in total. The summed E-state index contributed by atoms with van der Waals surface area (Å²) in [5.41, 5.74) is 5.07. The number of carbonyl (C=O) groups excluding carboxylic acids is 1. The summed E-state index contributed by atoms with van der Waals surface area (Å²) in [4.78, 5) is 20.3. The van der Waals surface area contributed by atoms with Crippen molar-refractivity contribution in [3.63, 3.8) is 0 Å². The Balaban J connectivity index is 1.62. The molecule has 0 radical (unpaired) electrons. The molecule has 0 bridgehead atoms. The smallest absolute Gasteiger partial charge is 0.280 e.